The van der Waals surface area contributed by atoms with Crippen LogP contribution in [0.4, 0.5) is 0 Å². The molecule has 0 unspecified atom stereocenters. The molecule has 4 rings (SSSR count). The Balaban J connectivity index is 0.00000156. The maximum Gasteiger partial charge on any atom is 0.116 e. The van der Waals surface area contributed by atoms with E-state index in [1.807, 2.05) is 18.3 Å². The summed E-state index contributed by atoms with van der Waals surface area (Å²) in [5.74, 6) is 0. The zero-order valence-corrected chi connectivity index (χ0v) is 16.6. The summed E-state index contributed by atoms with van der Waals surface area (Å²) >= 11 is 0. The van der Waals surface area contributed by atoms with Gasteiger partial charge in [0.1, 0.15) is 5.58 Å². The molecule has 1 radical (unpaired) electrons. The molecule has 0 saturated carbocycles. The van der Waals surface area contributed by atoms with Crippen LogP contribution in [0.5, 0.6) is 0 Å². The van der Waals surface area contributed by atoms with Crippen molar-refractivity contribution in [1.82, 2.24) is 9.78 Å². The second-order valence-corrected chi connectivity index (χ2v) is 11.7. The second kappa shape index (κ2) is 5.75. The second-order valence-electron chi connectivity index (χ2n) is 6.58. The Bertz CT molecular complexity index is 968. The summed E-state index contributed by atoms with van der Waals surface area (Å²) in [5, 5.41) is 7.97. The van der Waals surface area contributed by atoms with Crippen LogP contribution in [-0.4, -0.2) is 17.9 Å². The van der Waals surface area contributed by atoms with E-state index in [1.165, 1.54) is 5.19 Å². The number of aromatic nitrogens is 2. The van der Waals surface area contributed by atoms with Crippen molar-refractivity contribution < 1.29 is 24.5 Å². The predicted octanol–water partition coefficient (Wildman–Crippen LogP) is 4.11. The minimum Gasteiger partial charge on any atom is -0.513 e. The Hall–Kier alpha value is -1.68. The number of fused-ring (bicyclic) bond motifs is 3. The maximum absolute atomic E-state index is 6.17. The van der Waals surface area contributed by atoms with E-state index < -0.39 is 8.07 Å². The van der Waals surface area contributed by atoms with Gasteiger partial charge in [0.25, 0.3) is 0 Å². The fourth-order valence-electron chi connectivity index (χ4n) is 2.77. The molecule has 0 fully saturated rings. The van der Waals surface area contributed by atoms with Gasteiger partial charge in [-0.2, -0.15) is 23.3 Å². The minimum atomic E-state index is -1.35. The molecule has 2 heterocycles. The Labute approximate surface area is 149 Å². The van der Waals surface area contributed by atoms with E-state index in [1.54, 1.807) is 10.9 Å². The van der Waals surface area contributed by atoms with Crippen molar-refractivity contribution in [3.8, 4) is 5.69 Å². The topological polar surface area (TPSA) is 31.0 Å². The van der Waals surface area contributed by atoms with Crippen LogP contribution in [0.2, 0.25) is 19.6 Å². The molecule has 0 aliphatic carbocycles. The molecule has 0 N–H and O–H groups in total. The SMILES string of the molecule is C[Si](C)(C)c1ccc2c(c1)oc1c(-n3cccn3)[c-]ccc12.[Ir]. The van der Waals surface area contributed by atoms with Crippen LogP contribution in [0.3, 0.4) is 0 Å². The van der Waals surface area contributed by atoms with Gasteiger partial charge in [-0.15, -0.1) is 0 Å². The van der Waals surface area contributed by atoms with Crippen LogP contribution in [0.25, 0.3) is 27.6 Å². The van der Waals surface area contributed by atoms with Crippen molar-refractivity contribution in [3.05, 3.63) is 54.9 Å². The first-order chi connectivity index (χ1) is 10.5. The molecule has 0 aliphatic rings. The minimum absolute atomic E-state index is 0. The first-order valence-electron chi connectivity index (χ1n) is 7.41. The van der Waals surface area contributed by atoms with Gasteiger partial charge < -0.3 is 4.42 Å². The van der Waals surface area contributed by atoms with E-state index >= 15 is 0 Å². The van der Waals surface area contributed by atoms with Crippen LogP contribution in [0.15, 0.2) is 53.2 Å². The Kier molecular flexibility index (Phi) is 4.04. The summed E-state index contributed by atoms with van der Waals surface area (Å²) in [6.45, 7) is 7.04. The van der Waals surface area contributed by atoms with Crippen LogP contribution in [-0.2, 0) is 20.1 Å². The van der Waals surface area contributed by atoms with E-state index in [-0.39, 0.29) is 20.1 Å². The number of furan rings is 1. The fraction of sp³-hybridized carbons (Fsp3) is 0.167. The number of nitrogens with zero attached hydrogens (tertiary/aromatic N) is 2. The molecular formula is C18H17IrN2OSi-. The van der Waals surface area contributed by atoms with Crippen LogP contribution >= 0.6 is 0 Å². The number of hydrogen-bond donors (Lipinski definition) is 0. The molecule has 4 aromatic rings. The summed E-state index contributed by atoms with van der Waals surface area (Å²) in [7, 11) is -1.35. The van der Waals surface area contributed by atoms with Crippen molar-refractivity contribution in [2.45, 2.75) is 19.6 Å². The third-order valence-electron chi connectivity index (χ3n) is 4.01. The average molecular weight is 498 g/mol. The van der Waals surface area contributed by atoms with E-state index in [0.717, 1.165) is 27.6 Å². The quantitative estimate of drug-likeness (QED) is 0.308. The largest absolute Gasteiger partial charge is 0.513 e. The van der Waals surface area contributed by atoms with Gasteiger partial charge in [-0.3, -0.25) is 4.68 Å². The van der Waals surface area contributed by atoms with Gasteiger partial charge in [-0.05, 0) is 17.8 Å². The monoisotopic (exact) mass is 498 g/mol. The van der Waals surface area contributed by atoms with Gasteiger partial charge in [0.15, 0.2) is 0 Å². The van der Waals surface area contributed by atoms with Crippen molar-refractivity contribution in [1.29, 1.82) is 0 Å². The van der Waals surface area contributed by atoms with Gasteiger partial charge in [0, 0.05) is 43.5 Å². The van der Waals surface area contributed by atoms with E-state index in [0.29, 0.717) is 0 Å². The molecule has 0 atom stereocenters. The Morgan fingerprint density at radius 1 is 1.13 bits per heavy atom. The molecule has 0 aliphatic heterocycles. The number of benzene rings is 2. The normalized spacial score (nSPS) is 11.8. The smallest absolute Gasteiger partial charge is 0.116 e. The van der Waals surface area contributed by atoms with Gasteiger partial charge in [0.05, 0.1) is 8.07 Å². The Morgan fingerprint density at radius 3 is 2.65 bits per heavy atom. The average Bonchev–Trinajstić information content (AvgIpc) is 3.12. The van der Waals surface area contributed by atoms with Gasteiger partial charge in [0.2, 0.25) is 0 Å². The van der Waals surface area contributed by atoms with Crippen molar-refractivity contribution in [3.63, 3.8) is 0 Å². The third kappa shape index (κ3) is 2.69. The molecule has 5 heteroatoms. The van der Waals surface area contributed by atoms with E-state index in [9.17, 15) is 0 Å². The summed E-state index contributed by atoms with van der Waals surface area (Å²) in [5.41, 5.74) is 2.64. The summed E-state index contributed by atoms with van der Waals surface area (Å²) in [6.07, 6.45) is 3.67. The summed E-state index contributed by atoms with van der Waals surface area (Å²) in [4.78, 5) is 0. The summed E-state index contributed by atoms with van der Waals surface area (Å²) < 4.78 is 7.97. The van der Waals surface area contributed by atoms with Gasteiger partial charge >= 0.3 is 0 Å². The molecule has 0 saturated heterocycles. The molecule has 119 valence electrons. The molecule has 23 heavy (non-hydrogen) atoms. The number of hydrogen-bond acceptors (Lipinski definition) is 2. The standard InChI is InChI=1S/C18H17N2OSi.Ir/c1-22(2,3)13-8-9-14-15-6-4-7-16(20-11-5-10-19-20)18(15)21-17(14)12-13;/h4-6,8-12H,1-3H3;/q-1;. The molecule has 0 amide bonds. The molecule has 3 nitrogen and oxygen atoms in total. The maximum atomic E-state index is 6.17. The van der Waals surface area contributed by atoms with Crippen LogP contribution in [0, 0.1) is 6.07 Å². The van der Waals surface area contributed by atoms with Crippen molar-refractivity contribution in [2.75, 3.05) is 0 Å². The van der Waals surface area contributed by atoms with Gasteiger partial charge in [-0.1, -0.05) is 42.3 Å². The third-order valence-corrected chi connectivity index (χ3v) is 6.06. The molecule has 0 spiro atoms. The molecule has 0 bridgehead atoms. The first-order valence-corrected chi connectivity index (χ1v) is 10.9. The van der Waals surface area contributed by atoms with Gasteiger partial charge in [-0.25, -0.2) is 0 Å². The predicted molar refractivity (Wildman–Crippen MR) is 92.7 cm³/mol. The molecular weight excluding hydrogens is 481 g/mol. The van der Waals surface area contributed by atoms with Crippen molar-refractivity contribution in [2.24, 2.45) is 0 Å². The zero-order chi connectivity index (χ0) is 15.3. The zero-order valence-electron chi connectivity index (χ0n) is 13.3. The number of rotatable bonds is 2. The van der Waals surface area contributed by atoms with Crippen molar-refractivity contribution >= 4 is 35.2 Å². The Morgan fingerprint density at radius 2 is 1.96 bits per heavy atom. The first kappa shape index (κ1) is 16.2. The van der Waals surface area contributed by atoms with E-state index in [4.69, 9.17) is 4.42 Å². The van der Waals surface area contributed by atoms with Crippen LogP contribution in [0.1, 0.15) is 0 Å². The van der Waals surface area contributed by atoms with Crippen LogP contribution < -0.4 is 5.19 Å². The summed E-state index contributed by atoms with van der Waals surface area (Å²) in [6, 6.07) is 15.8. The van der Waals surface area contributed by atoms with E-state index in [2.05, 4.69) is 55.1 Å². The molecule has 2 aromatic heterocycles. The fourth-order valence-corrected chi connectivity index (χ4v) is 3.91. The molecule has 2 aromatic carbocycles.